The molecule has 0 saturated carbocycles. The quantitative estimate of drug-likeness (QED) is 0.548. The van der Waals surface area contributed by atoms with Crippen LogP contribution in [0.5, 0.6) is 0 Å². The summed E-state index contributed by atoms with van der Waals surface area (Å²) in [6, 6.07) is 6.70. The van der Waals surface area contributed by atoms with Crippen molar-refractivity contribution in [3.63, 3.8) is 0 Å². The fourth-order valence-corrected chi connectivity index (χ4v) is 3.06. The van der Waals surface area contributed by atoms with Gasteiger partial charge in [-0.3, -0.25) is 4.79 Å². The molecule has 2 rings (SSSR count). The first-order valence-corrected chi connectivity index (χ1v) is 9.27. The number of nitrogens with one attached hydrogen (secondary N) is 2. The van der Waals surface area contributed by atoms with Crippen LogP contribution in [0.25, 0.3) is 0 Å². The lowest BCUT2D eigenvalue weighted by molar-refractivity contribution is -0.113. The van der Waals surface area contributed by atoms with E-state index in [2.05, 4.69) is 55.7 Å². The maximum atomic E-state index is 12.0. The number of Topliss-reactive ketones (excluding diaryl/α,β-unsaturated/α-hetero) is 1. The van der Waals surface area contributed by atoms with Gasteiger partial charge in [-0.1, -0.05) is 43.7 Å². The number of carbonyl (C=O) groups is 1. The van der Waals surface area contributed by atoms with E-state index in [1.165, 1.54) is 16.7 Å². The van der Waals surface area contributed by atoms with Crippen molar-refractivity contribution in [1.29, 1.82) is 0 Å². The van der Waals surface area contributed by atoms with Crippen LogP contribution in [0.15, 0.2) is 65.5 Å². The number of benzene rings is 1. The summed E-state index contributed by atoms with van der Waals surface area (Å²) in [5, 5.41) is 6.57. The van der Waals surface area contributed by atoms with E-state index in [-0.39, 0.29) is 11.8 Å². The standard InChI is InChI=1S/C23H30N2O/c1-6-7-22(24-5)21(18(4)26)11-9-19-12-13-25-23(15-19)20-10-8-16(2)17(3)14-20/h8-15,23-25H,6-7H2,1-5H3/b11-9+,22-21+. The number of carbonyl (C=O) groups excluding carboxylic acids is 1. The van der Waals surface area contributed by atoms with Gasteiger partial charge in [0.25, 0.3) is 0 Å². The minimum atomic E-state index is 0.0864. The maximum Gasteiger partial charge on any atom is 0.161 e. The van der Waals surface area contributed by atoms with Gasteiger partial charge in [-0.05, 0) is 67.8 Å². The zero-order valence-corrected chi connectivity index (χ0v) is 16.5. The molecular weight excluding hydrogens is 320 g/mol. The van der Waals surface area contributed by atoms with E-state index >= 15 is 0 Å². The number of dihydropyridines is 1. The van der Waals surface area contributed by atoms with Crippen molar-refractivity contribution in [2.45, 2.75) is 46.6 Å². The molecule has 0 radical (unpaired) electrons. The predicted octanol–water partition coefficient (Wildman–Crippen LogP) is 4.81. The van der Waals surface area contributed by atoms with E-state index in [0.717, 1.165) is 29.7 Å². The average molecular weight is 351 g/mol. The minimum absolute atomic E-state index is 0.0864. The predicted molar refractivity (Wildman–Crippen MR) is 110 cm³/mol. The van der Waals surface area contributed by atoms with Crippen molar-refractivity contribution >= 4 is 5.78 Å². The second-order valence-electron chi connectivity index (χ2n) is 6.77. The Morgan fingerprint density at radius 3 is 2.65 bits per heavy atom. The molecule has 1 aromatic rings. The molecule has 138 valence electrons. The molecule has 0 aliphatic carbocycles. The first-order valence-electron chi connectivity index (χ1n) is 9.27. The summed E-state index contributed by atoms with van der Waals surface area (Å²) >= 11 is 0. The number of ketones is 1. The van der Waals surface area contributed by atoms with Gasteiger partial charge in [-0.2, -0.15) is 0 Å². The van der Waals surface area contributed by atoms with Crippen molar-refractivity contribution in [2.24, 2.45) is 0 Å². The van der Waals surface area contributed by atoms with Gasteiger partial charge in [0.05, 0.1) is 6.04 Å². The molecule has 0 amide bonds. The van der Waals surface area contributed by atoms with Crippen molar-refractivity contribution < 1.29 is 4.79 Å². The number of rotatable bonds is 7. The van der Waals surface area contributed by atoms with Crippen LogP contribution in [-0.2, 0) is 4.79 Å². The summed E-state index contributed by atoms with van der Waals surface area (Å²) in [4.78, 5) is 12.0. The molecule has 1 unspecified atom stereocenters. The molecule has 1 aliphatic heterocycles. The molecule has 3 nitrogen and oxygen atoms in total. The number of aryl methyl sites for hydroxylation is 2. The van der Waals surface area contributed by atoms with Crippen LogP contribution in [0.4, 0.5) is 0 Å². The van der Waals surface area contributed by atoms with Crippen LogP contribution >= 0.6 is 0 Å². The molecule has 26 heavy (non-hydrogen) atoms. The van der Waals surface area contributed by atoms with Crippen LogP contribution in [0.2, 0.25) is 0 Å². The zero-order chi connectivity index (χ0) is 19.1. The Bertz CT molecular complexity index is 781. The molecule has 0 aromatic heterocycles. The summed E-state index contributed by atoms with van der Waals surface area (Å²) in [6.45, 7) is 8.00. The molecule has 1 aromatic carbocycles. The Kier molecular flexibility index (Phi) is 7.02. The van der Waals surface area contributed by atoms with Gasteiger partial charge in [0.1, 0.15) is 0 Å². The molecule has 3 heteroatoms. The highest BCUT2D eigenvalue weighted by Crippen LogP contribution is 2.23. The van der Waals surface area contributed by atoms with Gasteiger partial charge in [-0.25, -0.2) is 0 Å². The molecule has 0 bridgehead atoms. The van der Waals surface area contributed by atoms with E-state index in [9.17, 15) is 4.79 Å². The van der Waals surface area contributed by atoms with Crippen molar-refractivity contribution in [3.05, 3.63) is 82.2 Å². The van der Waals surface area contributed by atoms with Crippen LogP contribution in [0.1, 0.15) is 49.4 Å². The van der Waals surface area contributed by atoms with Gasteiger partial charge in [0.2, 0.25) is 0 Å². The first-order chi connectivity index (χ1) is 12.5. The third-order valence-corrected chi connectivity index (χ3v) is 4.75. The van der Waals surface area contributed by atoms with E-state index in [0.29, 0.717) is 0 Å². The van der Waals surface area contributed by atoms with E-state index in [4.69, 9.17) is 0 Å². The Morgan fingerprint density at radius 2 is 2.04 bits per heavy atom. The van der Waals surface area contributed by atoms with E-state index < -0.39 is 0 Å². The lowest BCUT2D eigenvalue weighted by Gasteiger charge is -2.19. The fraction of sp³-hybridized carbons (Fsp3) is 0.348. The number of hydrogen-bond donors (Lipinski definition) is 2. The molecule has 2 N–H and O–H groups in total. The summed E-state index contributed by atoms with van der Waals surface area (Å²) in [6.07, 6.45) is 12.0. The minimum Gasteiger partial charge on any atom is -0.391 e. The molecule has 0 fully saturated rings. The lowest BCUT2D eigenvalue weighted by Crippen LogP contribution is -2.16. The van der Waals surface area contributed by atoms with Crippen LogP contribution in [-0.4, -0.2) is 12.8 Å². The SMILES string of the molecule is CCC/C(NC)=C(/C=C/C1=CC(c2ccc(C)c(C)c2)NC=C1)C(C)=O. The molecule has 0 spiro atoms. The smallest absolute Gasteiger partial charge is 0.161 e. The van der Waals surface area contributed by atoms with Gasteiger partial charge < -0.3 is 10.6 Å². The topological polar surface area (TPSA) is 41.1 Å². The monoisotopic (exact) mass is 350 g/mol. The molecule has 1 aliphatic rings. The van der Waals surface area contributed by atoms with Gasteiger partial charge >= 0.3 is 0 Å². The summed E-state index contributed by atoms with van der Waals surface area (Å²) in [5.41, 5.74) is 6.69. The van der Waals surface area contributed by atoms with Gasteiger partial charge in [-0.15, -0.1) is 0 Å². The normalized spacial score (nSPS) is 17.6. The van der Waals surface area contributed by atoms with Gasteiger partial charge in [0.15, 0.2) is 5.78 Å². The second kappa shape index (κ2) is 9.23. The third kappa shape index (κ3) is 4.98. The van der Waals surface area contributed by atoms with Crippen LogP contribution in [0.3, 0.4) is 0 Å². The lowest BCUT2D eigenvalue weighted by atomic mass is 9.97. The number of allylic oxidation sites excluding steroid dienone is 6. The summed E-state index contributed by atoms with van der Waals surface area (Å²) < 4.78 is 0. The third-order valence-electron chi connectivity index (χ3n) is 4.75. The Labute approximate surface area is 157 Å². The van der Waals surface area contributed by atoms with Crippen LogP contribution < -0.4 is 10.6 Å². The zero-order valence-electron chi connectivity index (χ0n) is 16.5. The largest absolute Gasteiger partial charge is 0.391 e. The maximum absolute atomic E-state index is 12.0. The van der Waals surface area contributed by atoms with E-state index in [1.54, 1.807) is 6.92 Å². The van der Waals surface area contributed by atoms with Crippen LogP contribution in [0, 0.1) is 13.8 Å². The molecule has 0 saturated heterocycles. The fourth-order valence-electron chi connectivity index (χ4n) is 3.06. The first kappa shape index (κ1) is 19.8. The molecule has 1 atom stereocenters. The van der Waals surface area contributed by atoms with Gasteiger partial charge in [0, 0.05) is 18.3 Å². The highest BCUT2D eigenvalue weighted by atomic mass is 16.1. The molecule has 1 heterocycles. The Balaban J connectivity index is 2.27. The van der Waals surface area contributed by atoms with Crippen molar-refractivity contribution in [2.75, 3.05) is 7.05 Å². The highest BCUT2D eigenvalue weighted by molar-refractivity contribution is 5.96. The van der Waals surface area contributed by atoms with Crippen molar-refractivity contribution in [3.8, 4) is 0 Å². The molecular formula is C23H30N2O. The summed E-state index contributed by atoms with van der Waals surface area (Å²) in [5.74, 6) is 0.0864. The van der Waals surface area contributed by atoms with E-state index in [1.807, 2.05) is 31.5 Å². The Morgan fingerprint density at radius 1 is 1.27 bits per heavy atom. The number of hydrogen-bond acceptors (Lipinski definition) is 3. The highest BCUT2D eigenvalue weighted by Gasteiger charge is 2.12. The van der Waals surface area contributed by atoms with Crippen molar-refractivity contribution in [1.82, 2.24) is 10.6 Å². The summed E-state index contributed by atoms with van der Waals surface area (Å²) in [7, 11) is 1.88. The second-order valence-corrected chi connectivity index (χ2v) is 6.77. The Hall–Kier alpha value is -2.55. The average Bonchev–Trinajstić information content (AvgIpc) is 2.63.